The van der Waals surface area contributed by atoms with E-state index >= 15 is 0 Å². The molecule has 0 aliphatic heterocycles. The van der Waals surface area contributed by atoms with Gasteiger partial charge in [0.15, 0.2) is 17.4 Å². The topological polar surface area (TPSA) is 60.7 Å². The molecule has 0 amide bonds. The zero-order chi connectivity index (χ0) is 3.58. The van der Waals surface area contributed by atoms with Crippen molar-refractivity contribution in [2.24, 2.45) is 0 Å². The van der Waals surface area contributed by atoms with Gasteiger partial charge in [-0.05, 0) is 0 Å². The smallest absolute Gasteiger partial charge is 1.00 e. The van der Waals surface area contributed by atoms with Crippen molar-refractivity contribution in [1.29, 1.82) is 0 Å². The summed E-state index contributed by atoms with van der Waals surface area (Å²) in [6.45, 7) is 0. The molecule has 0 aliphatic carbocycles. The second-order valence-electron chi connectivity index (χ2n) is 0.346. The van der Waals surface area contributed by atoms with Crippen LogP contribution < -0.4 is 51.4 Å². The van der Waals surface area contributed by atoms with Crippen LogP contribution in [-0.2, 0) is 0 Å². The van der Waals surface area contributed by atoms with Crippen molar-refractivity contribution in [1.82, 2.24) is 0 Å². The molecule has 0 aromatic heterocycles. The SMILES string of the molecule is OB(O)O.[AlH3].[H-].[K+]. The van der Waals surface area contributed by atoms with Crippen LogP contribution in [0.4, 0.5) is 0 Å². The van der Waals surface area contributed by atoms with E-state index in [2.05, 4.69) is 0 Å². The summed E-state index contributed by atoms with van der Waals surface area (Å²) in [6.07, 6.45) is 0. The first-order valence-electron chi connectivity index (χ1n) is 0.775. The van der Waals surface area contributed by atoms with Gasteiger partial charge in [-0.1, -0.05) is 0 Å². The molecule has 3 N–H and O–H groups in total. The Morgan fingerprint density at radius 1 is 1.17 bits per heavy atom. The molecule has 0 bridgehead atoms. The summed E-state index contributed by atoms with van der Waals surface area (Å²) in [6, 6.07) is 0. The van der Waals surface area contributed by atoms with Crippen LogP contribution in [0.25, 0.3) is 0 Å². The Labute approximate surface area is 91.0 Å². The summed E-state index contributed by atoms with van der Waals surface area (Å²) in [7, 11) is -2.17. The monoisotopic (exact) mass is 132 g/mol. The fraction of sp³-hybridized carbons (Fsp3) is 0. The van der Waals surface area contributed by atoms with Crippen molar-refractivity contribution in [2.75, 3.05) is 0 Å². The van der Waals surface area contributed by atoms with Gasteiger partial charge in [0.25, 0.3) is 0 Å². The number of hydrogen-bond acceptors (Lipinski definition) is 3. The Balaban J connectivity index is -0.0000000150. The minimum Gasteiger partial charge on any atom is -1.00 e. The van der Waals surface area contributed by atoms with Gasteiger partial charge >= 0.3 is 58.7 Å². The maximum Gasteiger partial charge on any atom is 1.00 e. The second-order valence-corrected chi connectivity index (χ2v) is 0.346. The molecule has 0 saturated carbocycles. The third kappa shape index (κ3) is 35.8. The average Bonchev–Trinajstić information content (AvgIpc) is 0.811. The molecule has 0 aromatic carbocycles. The molecule has 0 spiro atoms. The van der Waals surface area contributed by atoms with Gasteiger partial charge in [0.1, 0.15) is 0 Å². The number of hydrogen-bond donors (Lipinski definition) is 3. The molecule has 3 nitrogen and oxygen atoms in total. The first-order valence-corrected chi connectivity index (χ1v) is 0.775. The van der Waals surface area contributed by atoms with Crippen LogP contribution >= 0.6 is 0 Å². The third-order valence-electron chi connectivity index (χ3n) is 0. The molecule has 0 unspecified atom stereocenters. The van der Waals surface area contributed by atoms with Crippen molar-refractivity contribution in [2.45, 2.75) is 0 Å². The van der Waals surface area contributed by atoms with Crippen molar-refractivity contribution in [3.63, 3.8) is 0 Å². The van der Waals surface area contributed by atoms with Crippen LogP contribution in [0.2, 0.25) is 0 Å². The van der Waals surface area contributed by atoms with Gasteiger partial charge in [0.2, 0.25) is 0 Å². The summed E-state index contributed by atoms with van der Waals surface area (Å²) in [5, 5.41) is 21.5. The van der Waals surface area contributed by atoms with Crippen LogP contribution in [0, 0.1) is 0 Å². The van der Waals surface area contributed by atoms with Crippen LogP contribution in [0.3, 0.4) is 0 Å². The Morgan fingerprint density at radius 3 is 1.17 bits per heavy atom. The van der Waals surface area contributed by atoms with Gasteiger partial charge < -0.3 is 16.5 Å². The van der Waals surface area contributed by atoms with Crippen LogP contribution in [0.5, 0.6) is 0 Å². The second kappa shape index (κ2) is 10.2. The molecule has 0 aliphatic rings. The van der Waals surface area contributed by atoms with E-state index < -0.39 is 7.32 Å². The van der Waals surface area contributed by atoms with Crippen LogP contribution in [0.1, 0.15) is 1.43 Å². The fourth-order valence-electron chi connectivity index (χ4n) is 0. The Kier molecular flexibility index (Phi) is 26.6. The fourth-order valence-corrected chi connectivity index (χ4v) is 0. The minimum absolute atomic E-state index is 0. The Hall–Kier alpha value is 2.11. The molecule has 6 heavy (non-hydrogen) atoms. The maximum absolute atomic E-state index is 7.17. The molecule has 0 aromatic rings. The molecule has 0 saturated heterocycles. The largest absolute Gasteiger partial charge is 1.00 e. The van der Waals surface area contributed by atoms with Crippen molar-refractivity contribution < 1.29 is 67.9 Å². The van der Waals surface area contributed by atoms with E-state index in [0.29, 0.717) is 0 Å². The van der Waals surface area contributed by atoms with Crippen LogP contribution in [-0.4, -0.2) is 39.8 Å². The van der Waals surface area contributed by atoms with Crippen molar-refractivity contribution in [3.05, 3.63) is 0 Å². The van der Waals surface area contributed by atoms with E-state index in [1.165, 1.54) is 0 Å². The summed E-state index contributed by atoms with van der Waals surface area (Å²) >= 11 is 0. The number of rotatable bonds is 0. The Morgan fingerprint density at radius 2 is 1.17 bits per heavy atom. The summed E-state index contributed by atoms with van der Waals surface area (Å²) in [5.41, 5.74) is 0. The summed E-state index contributed by atoms with van der Waals surface area (Å²) in [5.74, 6) is 0. The van der Waals surface area contributed by atoms with E-state index in [4.69, 9.17) is 15.1 Å². The van der Waals surface area contributed by atoms with Gasteiger partial charge in [-0.3, -0.25) is 0 Å². The minimum atomic E-state index is -2.17. The van der Waals surface area contributed by atoms with Gasteiger partial charge in [-0.2, -0.15) is 0 Å². The zero-order valence-corrected chi connectivity index (χ0v) is 6.04. The van der Waals surface area contributed by atoms with Gasteiger partial charge in [-0.15, -0.1) is 0 Å². The summed E-state index contributed by atoms with van der Waals surface area (Å²) < 4.78 is 0. The first-order chi connectivity index (χ1) is 1.73. The van der Waals surface area contributed by atoms with Crippen molar-refractivity contribution in [3.8, 4) is 0 Å². The predicted octanol–water partition coefficient (Wildman–Crippen LogP) is -6.12. The van der Waals surface area contributed by atoms with E-state index in [9.17, 15) is 0 Å². The van der Waals surface area contributed by atoms with Gasteiger partial charge in [0.05, 0.1) is 0 Å². The molecule has 6 heteroatoms. The standard InChI is InChI=1S/Al.BH3O3.K.4H/c;2-1(3)4;;;;;/h;2-4H;;;;;/q;;+1;;;;-1. The molecular formula is H7AlBKO3. The average molecular weight is 132 g/mol. The predicted molar refractivity (Wildman–Crippen MR) is 23.5 cm³/mol. The molecule has 0 atom stereocenters. The normalized spacial score (nSPS) is 4.50. The summed E-state index contributed by atoms with van der Waals surface area (Å²) in [4.78, 5) is 0. The molecule has 0 fully saturated rings. The van der Waals surface area contributed by atoms with E-state index in [1.807, 2.05) is 0 Å². The van der Waals surface area contributed by atoms with Crippen molar-refractivity contribution >= 4 is 24.7 Å². The van der Waals surface area contributed by atoms with E-state index in [-0.39, 0.29) is 70.2 Å². The molecule has 32 valence electrons. The maximum atomic E-state index is 7.17. The molecular weight excluding hydrogens is 125 g/mol. The quantitative estimate of drug-likeness (QED) is 0.287. The zero-order valence-electron chi connectivity index (χ0n) is 3.92. The van der Waals surface area contributed by atoms with E-state index in [0.717, 1.165) is 0 Å². The van der Waals surface area contributed by atoms with Gasteiger partial charge in [0, 0.05) is 0 Å². The molecule has 0 radical (unpaired) electrons. The van der Waals surface area contributed by atoms with E-state index in [1.54, 1.807) is 0 Å². The first kappa shape index (κ1) is 15.7. The van der Waals surface area contributed by atoms with Crippen LogP contribution in [0.15, 0.2) is 0 Å². The Bertz CT molecular complexity index is 19.7. The molecule has 0 heterocycles. The van der Waals surface area contributed by atoms with Gasteiger partial charge in [-0.25, -0.2) is 0 Å². The molecule has 0 rings (SSSR count). The third-order valence-corrected chi connectivity index (χ3v) is 0.